The SMILES string of the molecule is COc1cccc(/C=C(\Cl)c2nc(-c3cccc(Cl)c3)no2)c1. The first-order valence-corrected chi connectivity index (χ1v) is 7.52. The Hall–Kier alpha value is -2.30. The smallest absolute Gasteiger partial charge is 0.269 e. The van der Waals surface area contributed by atoms with Gasteiger partial charge in [-0.05, 0) is 35.9 Å². The molecule has 3 aromatic rings. The summed E-state index contributed by atoms with van der Waals surface area (Å²) in [6, 6.07) is 14.7. The van der Waals surface area contributed by atoms with Gasteiger partial charge in [-0.15, -0.1) is 0 Å². The van der Waals surface area contributed by atoms with E-state index in [9.17, 15) is 0 Å². The summed E-state index contributed by atoms with van der Waals surface area (Å²) in [5.41, 5.74) is 1.63. The molecule has 0 unspecified atom stereocenters. The van der Waals surface area contributed by atoms with Gasteiger partial charge in [-0.25, -0.2) is 0 Å². The molecule has 116 valence electrons. The highest BCUT2D eigenvalue weighted by molar-refractivity contribution is 6.50. The Kier molecular flexibility index (Phi) is 4.65. The third-order valence-electron chi connectivity index (χ3n) is 3.10. The lowest BCUT2D eigenvalue weighted by molar-refractivity contribution is 0.410. The molecule has 3 rings (SSSR count). The van der Waals surface area contributed by atoms with Crippen molar-refractivity contribution in [3.05, 3.63) is 65.0 Å². The summed E-state index contributed by atoms with van der Waals surface area (Å²) in [4.78, 5) is 4.29. The first-order valence-electron chi connectivity index (χ1n) is 6.77. The summed E-state index contributed by atoms with van der Waals surface area (Å²) in [6.45, 7) is 0. The summed E-state index contributed by atoms with van der Waals surface area (Å²) < 4.78 is 10.4. The van der Waals surface area contributed by atoms with Crippen LogP contribution in [0.2, 0.25) is 5.02 Å². The maximum Gasteiger partial charge on any atom is 0.269 e. The van der Waals surface area contributed by atoms with E-state index in [2.05, 4.69) is 10.1 Å². The van der Waals surface area contributed by atoms with Gasteiger partial charge in [0.15, 0.2) is 0 Å². The van der Waals surface area contributed by atoms with Gasteiger partial charge in [-0.1, -0.05) is 52.6 Å². The van der Waals surface area contributed by atoms with E-state index in [0.29, 0.717) is 15.9 Å². The van der Waals surface area contributed by atoms with E-state index in [1.54, 1.807) is 25.3 Å². The zero-order valence-electron chi connectivity index (χ0n) is 12.2. The molecule has 0 atom stereocenters. The highest BCUT2D eigenvalue weighted by atomic mass is 35.5. The molecule has 0 amide bonds. The van der Waals surface area contributed by atoms with E-state index in [1.165, 1.54) is 0 Å². The van der Waals surface area contributed by atoms with Gasteiger partial charge in [0.1, 0.15) is 10.8 Å². The normalized spacial score (nSPS) is 11.5. The lowest BCUT2D eigenvalue weighted by Crippen LogP contribution is -1.84. The molecule has 6 heteroatoms. The Morgan fingerprint density at radius 1 is 1.17 bits per heavy atom. The van der Waals surface area contributed by atoms with Crippen LogP contribution >= 0.6 is 23.2 Å². The van der Waals surface area contributed by atoms with Crippen LogP contribution in [0.25, 0.3) is 22.5 Å². The van der Waals surface area contributed by atoms with E-state index < -0.39 is 0 Å². The monoisotopic (exact) mass is 346 g/mol. The molecular formula is C17H12Cl2N2O2. The molecule has 0 spiro atoms. The second kappa shape index (κ2) is 6.86. The third-order valence-corrected chi connectivity index (χ3v) is 3.61. The Morgan fingerprint density at radius 2 is 2.00 bits per heavy atom. The highest BCUT2D eigenvalue weighted by Crippen LogP contribution is 2.26. The van der Waals surface area contributed by atoms with Crippen LogP contribution in [0.1, 0.15) is 11.5 Å². The second-order valence-electron chi connectivity index (χ2n) is 4.70. The van der Waals surface area contributed by atoms with Crippen molar-refractivity contribution in [3.8, 4) is 17.1 Å². The molecule has 0 aliphatic carbocycles. The van der Waals surface area contributed by atoms with Crippen molar-refractivity contribution in [1.29, 1.82) is 0 Å². The topological polar surface area (TPSA) is 48.2 Å². The summed E-state index contributed by atoms with van der Waals surface area (Å²) in [5, 5.41) is 4.88. The minimum absolute atomic E-state index is 0.240. The Bertz CT molecular complexity index is 859. The number of nitrogens with zero attached hydrogens (tertiary/aromatic N) is 2. The summed E-state index contributed by atoms with van der Waals surface area (Å²) in [5.74, 6) is 1.41. The van der Waals surface area contributed by atoms with Crippen molar-refractivity contribution in [1.82, 2.24) is 10.1 Å². The molecule has 1 heterocycles. The van der Waals surface area contributed by atoms with Crippen molar-refractivity contribution in [3.63, 3.8) is 0 Å². The number of methoxy groups -OCH3 is 1. The van der Waals surface area contributed by atoms with Crippen molar-refractivity contribution < 1.29 is 9.26 Å². The van der Waals surface area contributed by atoms with Crippen LogP contribution < -0.4 is 4.74 Å². The quantitative estimate of drug-likeness (QED) is 0.656. The van der Waals surface area contributed by atoms with Crippen LogP contribution in [0.5, 0.6) is 5.75 Å². The van der Waals surface area contributed by atoms with Gasteiger partial charge >= 0.3 is 0 Å². The Balaban J connectivity index is 1.88. The van der Waals surface area contributed by atoms with Gasteiger partial charge in [0.05, 0.1) is 7.11 Å². The Labute approximate surface area is 143 Å². The van der Waals surface area contributed by atoms with Crippen LogP contribution in [0.4, 0.5) is 0 Å². The van der Waals surface area contributed by atoms with E-state index >= 15 is 0 Å². The van der Waals surface area contributed by atoms with Gasteiger partial charge in [0.2, 0.25) is 5.82 Å². The zero-order chi connectivity index (χ0) is 16.2. The number of benzene rings is 2. The number of ether oxygens (including phenoxy) is 1. The van der Waals surface area contributed by atoms with Crippen LogP contribution in [0, 0.1) is 0 Å². The van der Waals surface area contributed by atoms with Gasteiger partial charge < -0.3 is 9.26 Å². The van der Waals surface area contributed by atoms with E-state index in [4.69, 9.17) is 32.5 Å². The second-order valence-corrected chi connectivity index (χ2v) is 5.55. The van der Waals surface area contributed by atoms with Crippen molar-refractivity contribution in [2.24, 2.45) is 0 Å². The predicted octanol–water partition coefficient (Wildman–Crippen LogP) is 5.14. The number of hydrogen-bond acceptors (Lipinski definition) is 4. The Morgan fingerprint density at radius 3 is 2.78 bits per heavy atom. The maximum atomic E-state index is 6.27. The zero-order valence-corrected chi connectivity index (χ0v) is 13.7. The lowest BCUT2D eigenvalue weighted by Gasteiger charge is -2.00. The van der Waals surface area contributed by atoms with Gasteiger partial charge in [0.25, 0.3) is 5.89 Å². The van der Waals surface area contributed by atoms with Crippen molar-refractivity contribution in [2.45, 2.75) is 0 Å². The van der Waals surface area contributed by atoms with Crippen molar-refractivity contribution >= 4 is 34.3 Å². The lowest BCUT2D eigenvalue weighted by atomic mass is 10.2. The number of hydrogen-bond donors (Lipinski definition) is 0. The van der Waals surface area contributed by atoms with Gasteiger partial charge in [0, 0.05) is 10.6 Å². The molecule has 0 aliphatic heterocycles. The standard InChI is InChI=1S/C17H12Cl2N2O2/c1-22-14-7-2-4-11(8-14)9-15(19)17-20-16(21-23-17)12-5-3-6-13(18)10-12/h2-10H,1H3/b15-9-. The van der Waals surface area contributed by atoms with Crippen LogP contribution in [0.15, 0.2) is 53.1 Å². The minimum atomic E-state index is 0.240. The molecule has 0 N–H and O–H groups in total. The molecular weight excluding hydrogens is 335 g/mol. The van der Waals surface area contributed by atoms with E-state index in [0.717, 1.165) is 16.9 Å². The molecule has 0 fully saturated rings. The molecule has 0 radical (unpaired) electrons. The fourth-order valence-corrected chi connectivity index (χ4v) is 2.40. The molecule has 4 nitrogen and oxygen atoms in total. The summed E-state index contributed by atoms with van der Waals surface area (Å²) in [7, 11) is 1.61. The molecule has 23 heavy (non-hydrogen) atoms. The molecule has 0 saturated carbocycles. The summed E-state index contributed by atoms with van der Waals surface area (Å²) in [6.07, 6.45) is 1.74. The van der Waals surface area contributed by atoms with Crippen LogP contribution in [-0.4, -0.2) is 17.3 Å². The fraction of sp³-hybridized carbons (Fsp3) is 0.0588. The molecule has 0 aliphatic rings. The highest BCUT2D eigenvalue weighted by Gasteiger charge is 2.12. The average Bonchev–Trinajstić information content (AvgIpc) is 3.05. The van der Waals surface area contributed by atoms with Crippen LogP contribution in [0.3, 0.4) is 0 Å². The summed E-state index contributed by atoms with van der Waals surface area (Å²) >= 11 is 12.2. The molecule has 1 aromatic heterocycles. The first kappa shape index (κ1) is 15.6. The predicted molar refractivity (Wildman–Crippen MR) is 91.5 cm³/mol. The fourth-order valence-electron chi connectivity index (χ4n) is 2.00. The number of rotatable bonds is 4. The number of halogens is 2. The van der Waals surface area contributed by atoms with Crippen molar-refractivity contribution in [2.75, 3.05) is 7.11 Å². The number of aromatic nitrogens is 2. The molecule has 2 aromatic carbocycles. The maximum absolute atomic E-state index is 6.27. The molecule has 0 bridgehead atoms. The first-order chi connectivity index (χ1) is 11.2. The van der Waals surface area contributed by atoms with E-state index in [-0.39, 0.29) is 5.89 Å². The third kappa shape index (κ3) is 3.73. The largest absolute Gasteiger partial charge is 0.497 e. The minimum Gasteiger partial charge on any atom is -0.497 e. The van der Waals surface area contributed by atoms with Crippen LogP contribution in [-0.2, 0) is 0 Å². The van der Waals surface area contributed by atoms with Gasteiger partial charge in [-0.2, -0.15) is 4.98 Å². The molecule has 0 saturated heterocycles. The van der Waals surface area contributed by atoms with Gasteiger partial charge in [-0.3, -0.25) is 0 Å². The van der Waals surface area contributed by atoms with E-state index in [1.807, 2.05) is 36.4 Å². The average molecular weight is 347 g/mol.